The molecule has 3 aromatic carbocycles. The zero-order valence-corrected chi connectivity index (χ0v) is 18.1. The average molecular weight is 432 g/mol. The molecule has 1 N–H and O–H groups in total. The van der Waals surface area contributed by atoms with Crippen molar-refractivity contribution in [2.24, 2.45) is 5.10 Å². The number of rotatable bonds is 5. The Kier molecular flexibility index (Phi) is 5.01. The Morgan fingerprint density at radius 2 is 1.72 bits per heavy atom. The highest BCUT2D eigenvalue weighted by atomic mass is 16.5. The van der Waals surface area contributed by atoms with Crippen molar-refractivity contribution < 1.29 is 24.1 Å². The second kappa shape index (κ2) is 8.00. The Balaban J connectivity index is 1.66. The Morgan fingerprint density at radius 3 is 2.47 bits per heavy atom. The summed E-state index contributed by atoms with van der Waals surface area (Å²) in [5.74, 6) is 2.88. The molecule has 3 aromatic rings. The summed E-state index contributed by atoms with van der Waals surface area (Å²) in [6.07, 6.45) is 0.0730. The standard InChI is InChI=1S/C25H24N2O5/c1-29-15-11-12-18(23(13-15)31-3)25-27-20(17-8-6-10-22(30-2)24(17)32-25)14-19(26-27)16-7-4-5-9-21(16)28/h4-13,20,25,28H,14H2,1-3H3/t20-,25-/m0/s1. The van der Waals surface area contributed by atoms with Crippen LogP contribution in [-0.2, 0) is 0 Å². The zero-order valence-electron chi connectivity index (χ0n) is 18.1. The lowest BCUT2D eigenvalue weighted by molar-refractivity contribution is -0.0222. The molecule has 2 atom stereocenters. The summed E-state index contributed by atoms with van der Waals surface area (Å²) in [5.41, 5.74) is 3.32. The third kappa shape index (κ3) is 3.17. The molecule has 0 saturated carbocycles. The van der Waals surface area contributed by atoms with Crippen LogP contribution in [-0.4, -0.2) is 37.2 Å². The number of ether oxygens (including phenoxy) is 4. The average Bonchev–Trinajstić information content (AvgIpc) is 3.28. The first-order valence-electron chi connectivity index (χ1n) is 10.3. The van der Waals surface area contributed by atoms with Crippen molar-refractivity contribution in [3.8, 4) is 28.7 Å². The molecule has 0 aromatic heterocycles. The maximum Gasteiger partial charge on any atom is 0.217 e. The van der Waals surface area contributed by atoms with Crippen LogP contribution in [0.1, 0.15) is 35.4 Å². The van der Waals surface area contributed by atoms with E-state index in [0.717, 1.165) is 16.8 Å². The van der Waals surface area contributed by atoms with Crippen LogP contribution in [0.4, 0.5) is 0 Å². The van der Waals surface area contributed by atoms with Crippen molar-refractivity contribution in [3.63, 3.8) is 0 Å². The van der Waals surface area contributed by atoms with Crippen LogP contribution in [0.5, 0.6) is 28.7 Å². The zero-order chi connectivity index (χ0) is 22.2. The van der Waals surface area contributed by atoms with Crippen molar-refractivity contribution in [2.75, 3.05) is 21.3 Å². The molecule has 0 fully saturated rings. The van der Waals surface area contributed by atoms with Crippen LogP contribution < -0.4 is 18.9 Å². The predicted molar refractivity (Wildman–Crippen MR) is 120 cm³/mol. The molecule has 2 heterocycles. The molecular weight excluding hydrogens is 408 g/mol. The number of hydrazone groups is 1. The van der Waals surface area contributed by atoms with Crippen LogP contribution in [0.25, 0.3) is 0 Å². The highest BCUT2D eigenvalue weighted by molar-refractivity contribution is 6.04. The minimum Gasteiger partial charge on any atom is -0.507 e. The van der Waals surface area contributed by atoms with E-state index >= 15 is 0 Å². The van der Waals surface area contributed by atoms with Gasteiger partial charge in [-0.15, -0.1) is 0 Å². The highest BCUT2D eigenvalue weighted by Gasteiger charge is 2.43. The Labute approximate surface area is 186 Å². The van der Waals surface area contributed by atoms with Gasteiger partial charge in [0.05, 0.1) is 38.6 Å². The quantitative estimate of drug-likeness (QED) is 0.632. The first kappa shape index (κ1) is 20.1. The fraction of sp³-hybridized carbons (Fsp3) is 0.240. The summed E-state index contributed by atoms with van der Waals surface area (Å²) in [6, 6.07) is 18.7. The summed E-state index contributed by atoms with van der Waals surface area (Å²) >= 11 is 0. The fourth-order valence-corrected chi connectivity index (χ4v) is 4.35. The lowest BCUT2D eigenvalue weighted by atomic mass is 9.95. The molecule has 32 heavy (non-hydrogen) atoms. The normalized spacial score (nSPS) is 18.8. The summed E-state index contributed by atoms with van der Waals surface area (Å²) < 4.78 is 23.1. The maximum absolute atomic E-state index is 10.4. The summed E-state index contributed by atoms with van der Waals surface area (Å²) in [5, 5.41) is 17.3. The number of methoxy groups -OCH3 is 3. The molecule has 0 aliphatic carbocycles. The van der Waals surface area contributed by atoms with Gasteiger partial charge in [0.15, 0.2) is 11.5 Å². The SMILES string of the molecule is COc1ccc([C@@H]2Oc3c(OC)cccc3[C@@H]3CC(c4ccccc4O)=NN32)c(OC)c1. The molecule has 5 rings (SSSR count). The number of nitrogens with zero attached hydrogens (tertiary/aromatic N) is 2. The monoisotopic (exact) mass is 432 g/mol. The minimum absolute atomic E-state index is 0.0831. The molecule has 0 saturated heterocycles. The van der Waals surface area contributed by atoms with Gasteiger partial charge in [-0.05, 0) is 30.3 Å². The van der Waals surface area contributed by atoms with E-state index in [1.165, 1.54) is 0 Å². The van der Waals surface area contributed by atoms with Gasteiger partial charge in [-0.2, -0.15) is 5.10 Å². The maximum atomic E-state index is 10.4. The summed E-state index contributed by atoms with van der Waals surface area (Å²) in [6.45, 7) is 0. The lowest BCUT2D eigenvalue weighted by Gasteiger charge is -2.39. The topological polar surface area (TPSA) is 72.8 Å². The van der Waals surface area contributed by atoms with Gasteiger partial charge in [-0.1, -0.05) is 24.3 Å². The van der Waals surface area contributed by atoms with Crippen LogP contribution >= 0.6 is 0 Å². The van der Waals surface area contributed by atoms with Gasteiger partial charge in [-0.25, -0.2) is 5.01 Å². The van der Waals surface area contributed by atoms with E-state index in [1.54, 1.807) is 33.5 Å². The van der Waals surface area contributed by atoms with E-state index in [4.69, 9.17) is 24.0 Å². The second-order valence-electron chi connectivity index (χ2n) is 7.62. The largest absolute Gasteiger partial charge is 0.507 e. The van der Waals surface area contributed by atoms with E-state index in [1.807, 2.05) is 53.5 Å². The number of hydrogen-bond acceptors (Lipinski definition) is 7. The molecule has 0 bridgehead atoms. The van der Waals surface area contributed by atoms with Crippen molar-refractivity contribution in [1.82, 2.24) is 5.01 Å². The van der Waals surface area contributed by atoms with Crippen molar-refractivity contribution >= 4 is 5.71 Å². The first-order chi connectivity index (χ1) is 15.6. The fourth-order valence-electron chi connectivity index (χ4n) is 4.35. The van der Waals surface area contributed by atoms with Gasteiger partial charge in [0.1, 0.15) is 17.2 Å². The number of phenols is 1. The summed E-state index contributed by atoms with van der Waals surface area (Å²) in [7, 11) is 4.87. The molecular formula is C25H24N2O5. The van der Waals surface area contributed by atoms with Gasteiger partial charge >= 0.3 is 0 Å². The minimum atomic E-state index is -0.548. The Morgan fingerprint density at radius 1 is 0.906 bits per heavy atom. The molecule has 0 spiro atoms. The second-order valence-corrected chi connectivity index (χ2v) is 7.62. The van der Waals surface area contributed by atoms with Crippen LogP contribution in [0.15, 0.2) is 65.8 Å². The molecule has 0 amide bonds. The van der Waals surface area contributed by atoms with Gasteiger partial charge in [0.2, 0.25) is 6.23 Å². The number of para-hydroxylation sites is 2. The third-order valence-corrected chi connectivity index (χ3v) is 5.92. The van der Waals surface area contributed by atoms with E-state index in [2.05, 4.69) is 0 Å². The Bertz CT molecular complexity index is 1190. The predicted octanol–water partition coefficient (Wildman–Crippen LogP) is 4.66. The third-order valence-electron chi connectivity index (χ3n) is 5.92. The number of fused-ring (bicyclic) bond motifs is 3. The number of phenolic OH excluding ortho intramolecular Hbond substituents is 1. The van der Waals surface area contributed by atoms with Crippen molar-refractivity contribution in [3.05, 3.63) is 77.4 Å². The van der Waals surface area contributed by atoms with Gasteiger partial charge in [0.25, 0.3) is 0 Å². The number of aromatic hydroxyl groups is 1. The molecule has 164 valence electrons. The summed E-state index contributed by atoms with van der Waals surface area (Å²) in [4.78, 5) is 0. The van der Waals surface area contributed by atoms with Crippen LogP contribution in [0.3, 0.4) is 0 Å². The van der Waals surface area contributed by atoms with Gasteiger partial charge in [0, 0.05) is 23.6 Å². The van der Waals surface area contributed by atoms with E-state index < -0.39 is 6.23 Å². The van der Waals surface area contributed by atoms with Crippen LogP contribution in [0, 0.1) is 0 Å². The van der Waals surface area contributed by atoms with E-state index in [-0.39, 0.29) is 11.8 Å². The first-order valence-corrected chi connectivity index (χ1v) is 10.3. The number of benzene rings is 3. The number of hydrogen-bond donors (Lipinski definition) is 1. The molecule has 0 radical (unpaired) electrons. The molecule has 7 nitrogen and oxygen atoms in total. The molecule has 7 heteroatoms. The smallest absolute Gasteiger partial charge is 0.217 e. The molecule has 0 unspecified atom stereocenters. The van der Waals surface area contributed by atoms with E-state index in [0.29, 0.717) is 35.0 Å². The molecule has 2 aliphatic rings. The van der Waals surface area contributed by atoms with E-state index in [9.17, 15) is 5.11 Å². The van der Waals surface area contributed by atoms with Gasteiger partial charge < -0.3 is 24.1 Å². The van der Waals surface area contributed by atoms with Crippen LogP contribution in [0.2, 0.25) is 0 Å². The van der Waals surface area contributed by atoms with Crippen molar-refractivity contribution in [2.45, 2.75) is 18.7 Å². The Hall–Kier alpha value is -3.87. The highest BCUT2D eigenvalue weighted by Crippen LogP contribution is 2.52. The lowest BCUT2D eigenvalue weighted by Crippen LogP contribution is -2.34. The molecule has 2 aliphatic heterocycles. The van der Waals surface area contributed by atoms with Gasteiger partial charge in [-0.3, -0.25) is 0 Å². The van der Waals surface area contributed by atoms with Crippen molar-refractivity contribution in [1.29, 1.82) is 0 Å².